The Morgan fingerprint density at radius 3 is 2.83 bits per heavy atom. The molecule has 0 bridgehead atoms. The molecule has 128 valence electrons. The highest BCUT2D eigenvalue weighted by atomic mass is 16.5. The molecule has 0 N–H and O–H groups in total. The molecule has 0 unspecified atom stereocenters. The van der Waals surface area contributed by atoms with Gasteiger partial charge in [0.25, 0.3) is 0 Å². The molecular formula is C19H25N3O2. The Bertz CT molecular complexity index is 666. The number of nitrogens with zero attached hydrogens (tertiary/aromatic N) is 3. The Morgan fingerprint density at radius 2 is 2.08 bits per heavy atom. The molecule has 2 heterocycles. The van der Waals surface area contributed by atoms with Crippen molar-refractivity contribution >= 4 is 5.91 Å². The van der Waals surface area contributed by atoms with E-state index < -0.39 is 0 Å². The maximum absolute atomic E-state index is 12.6. The Morgan fingerprint density at radius 1 is 1.29 bits per heavy atom. The molecule has 1 atom stereocenters. The quantitative estimate of drug-likeness (QED) is 0.824. The summed E-state index contributed by atoms with van der Waals surface area (Å²) in [5, 5.41) is 4.11. The molecule has 0 spiro atoms. The van der Waals surface area contributed by atoms with E-state index in [4.69, 9.17) is 4.52 Å². The van der Waals surface area contributed by atoms with Crippen molar-refractivity contribution in [2.45, 2.75) is 52.0 Å². The molecule has 1 amide bonds. The van der Waals surface area contributed by atoms with Crippen LogP contribution in [0.3, 0.4) is 0 Å². The first-order valence-corrected chi connectivity index (χ1v) is 8.83. The number of carbonyl (C=O) groups is 1. The lowest BCUT2D eigenvalue weighted by molar-refractivity contribution is -0.136. The third-order valence-electron chi connectivity index (χ3n) is 4.52. The first-order valence-electron chi connectivity index (χ1n) is 8.83. The fraction of sp³-hybridized carbons (Fsp3) is 0.526. The minimum absolute atomic E-state index is 0.0802. The van der Waals surface area contributed by atoms with Crippen LogP contribution in [0.4, 0.5) is 0 Å². The lowest BCUT2D eigenvalue weighted by Crippen LogP contribution is -2.38. The van der Waals surface area contributed by atoms with Crippen molar-refractivity contribution in [3.63, 3.8) is 0 Å². The van der Waals surface area contributed by atoms with Crippen LogP contribution >= 0.6 is 0 Å². The van der Waals surface area contributed by atoms with Gasteiger partial charge in [-0.1, -0.05) is 49.3 Å². The van der Waals surface area contributed by atoms with Crippen LogP contribution in [0.15, 0.2) is 34.9 Å². The van der Waals surface area contributed by atoms with E-state index in [9.17, 15) is 4.79 Å². The van der Waals surface area contributed by atoms with Crippen LogP contribution in [0.25, 0.3) is 11.4 Å². The summed E-state index contributed by atoms with van der Waals surface area (Å²) in [6.07, 6.45) is 4.53. The van der Waals surface area contributed by atoms with E-state index >= 15 is 0 Å². The molecule has 1 saturated heterocycles. The van der Waals surface area contributed by atoms with Crippen molar-refractivity contribution in [1.82, 2.24) is 15.0 Å². The van der Waals surface area contributed by atoms with Gasteiger partial charge in [0.2, 0.25) is 17.6 Å². The molecule has 1 aromatic heterocycles. The normalized spacial score (nSPS) is 18.1. The van der Waals surface area contributed by atoms with Gasteiger partial charge in [0.1, 0.15) is 6.04 Å². The average Bonchev–Trinajstić information content (AvgIpc) is 3.10. The summed E-state index contributed by atoms with van der Waals surface area (Å²) in [4.78, 5) is 19.1. The standard InChI is InChI=1S/C19H25N3O2/c1-14(2)11-12-17(23)22-13-7-6-10-16(22)19-20-18(21-24-19)15-8-4-3-5-9-15/h3-5,8-9,14,16H,6-7,10-13H2,1-2H3/t16-/m1/s1. The van der Waals surface area contributed by atoms with E-state index in [1.54, 1.807) is 0 Å². The van der Waals surface area contributed by atoms with E-state index in [2.05, 4.69) is 24.0 Å². The summed E-state index contributed by atoms with van der Waals surface area (Å²) < 4.78 is 5.51. The van der Waals surface area contributed by atoms with Crippen LogP contribution in [-0.4, -0.2) is 27.5 Å². The first-order chi connectivity index (χ1) is 11.6. The number of hydrogen-bond acceptors (Lipinski definition) is 4. The zero-order chi connectivity index (χ0) is 16.9. The average molecular weight is 327 g/mol. The maximum Gasteiger partial charge on any atom is 0.249 e. The van der Waals surface area contributed by atoms with Gasteiger partial charge >= 0.3 is 0 Å². The van der Waals surface area contributed by atoms with Crippen molar-refractivity contribution in [3.05, 3.63) is 36.2 Å². The van der Waals surface area contributed by atoms with Crippen LogP contribution in [0.5, 0.6) is 0 Å². The van der Waals surface area contributed by atoms with Crippen LogP contribution in [0.1, 0.15) is 57.9 Å². The molecule has 3 rings (SSSR count). The van der Waals surface area contributed by atoms with Gasteiger partial charge in [-0.15, -0.1) is 0 Å². The number of amides is 1. The highest BCUT2D eigenvalue weighted by molar-refractivity contribution is 5.76. The lowest BCUT2D eigenvalue weighted by atomic mass is 10.00. The van der Waals surface area contributed by atoms with E-state index in [1.807, 2.05) is 35.2 Å². The number of piperidine rings is 1. The minimum Gasteiger partial charge on any atom is -0.337 e. The number of hydrogen-bond donors (Lipinski definition) is 0. The lowest BCUT2D eigenvalue weighted by Gasteiger charge is -2.33. The fourth-order valence-corrected chi connectivity index (χ4v) is 3.12. The summed E-state index contributed by atoms with van der Waals surface area (Å²) in [6, 6.07) is 9.70. The van der Waals surface area contributed by atoms with Gasteiger partial charge in [0, 0.05) is 18.5 Å². The summed E-state index contributed by atoms with van der Waals surface area (Å²) in [7, 11) is 0. The zero-order valence-electron chi connectivity index (χ0n) is 14.4. The molecular weight excluding hydrogens is 302 g/mol. The topological polar surface area (TPSA) is 59.2 Å². The van der Waals surface area contributed by atoms with E-state index in [0.717, 1.165) is 37.8 Å². The molecule has 5 heteroatoms. The van der Waals surface area contributed by atoms with E-state index in [0.29, 0.717) is 24.1 Å². The van der Waals surface area contributed by atoms with Crippen molar-refractivity contribution in [2.75, 3.05) is 6.54 Å². The summed E-state index contributed by atoms with van der Waals surface area (Å²) >= 11 is 0. The first kappa shape index (κ1) is 16.7. The second kappa shape index (κ2) is 7.60. The molecule has 24 heavy (non-hydrogen) atoms. The number of aromatic nitrogens is 2. The Balaban J connectivity index is 1.76. The van der Waals surface area contributed by atoms with Gasteiger partial charge in [-0.25, -0.2) is 0 Å². The number of carbonyl (C=O) groups excluding carboxylic acids is 1. The molecule has 1 aromatic carbocycles. The summed E-state index contributed by atoms with van der Waals surface area (Å²) in [6.45, 7) is 5.07. The van der Waals surface area contributed by atoms with Gasteiger partial charge in [0.05, 0.1) is 0 Å². The van der Waals surface area contributed by atoms with E-state index in [-0.39, 0.29) is 11.9 Å². The highest BCUT2D eigenvalue weighted by Crippen LogP contribution is 2.32. The van der Waals surface area contributed by atoms with Gasteiger partial charge in [-0.3, -0.25) is 4.79 Å². The largest absolute Gasteiger partial charge is 0.337 e. The monoisotopic (exact) mass is 327 g/mol. The van der Waals surface area contributed by atoms with Crippen molar-refractivity contribution < 1.29 is 9.32 Å². The fourth-order valence-electron chi connectivity index (χ4n) is 3.12. The van der Waals surface area contributed by atoms with Crippen molar-refractivity contribution in [1.29, 1.82) is 0 Å². The smallest absolute Gasteiger partial charge is 0.249 e. The molecule has 0 saturated carbocycles. The third-order valence-corrected chi connectivity index (χ3v) is 4.52. The van der Waals surface area contributed by atoms with Crippen molar-refractivity contribution in [3.8, 4) is 11.4 Å². The highest BCUT2D eigenvalue weighted by Gasteiger charge is 2.31. The molecule has 2 aromatic rings. The predicted molar refractivity (Wildman–Crippen MR) is 92.1 cm³/mol. The molecule has 1 aliphatic heterocycles. The van der Waals surface area contributed by atoms with E-state index in [1.165, 1.54) is 0 Å². The molecule has 5 nitrogen and oxygen atoms in total. The van der Waals surface area contributed by atoms with Crippen LogP contribution < -0.4 is 0 Å². The van der Waals surface area contributed by atoms with Gasteiger partial charge < -0.3 is 9.42 Å². The van der Waals surface area contributed by atoms with Crippen LogP contribution in [0.2, 0.25) is 0 Å². The van der Waals surface area contributed by atoms with Gasteiger partial charge in [-0.2, -0.15) is 4.98 Å². The third kappa shape index (κ3) is 3.83. The van der Waals surface area contributed by atoms with Crippen LogP contribution in [-0.2, 0) is 4.79 Å². The number of likely N-dealkylation sites (tertiary alicyclic amines) is 1. The Hall–Kier alpha value is -2.17. The molecule has 1 fully saturated rings. The van der Waals surface area contributed by atoms with Crippen LogP contribution in [0, 0.1) is 5.92 Å². The minimum atomic E-state index is -0.0802. The SMILES string of the molecule is CC(C)CCC(=O)N1CCCC[C@@H]1c1nc(-c2ccccc2)no1. The predicted octanol–water partition coefficient (Wildman–Crippen LogP) is 4.23. The molecule has 0 aliphatic carbocycles. The maximum atomic E-state index is 12.6. The Kier molecular flexibility index (Phi) is 5.28. The number of benzene rings is 1. The van der Waals surface area contributed by atoms with Gasteiger partial charge in [-0.05, 0) is 31.6 Å². The zero-order valence-corrected chi connectivity index (χ0v) is 14.4. The molecule has 1 aliphatic rings. The van der Waals surface area contributed by atoms with Crippen molar-refractivity contribution in [2.24, 2.45) is 5.92 Å². The van der Waals surface area contributed by atoms with Gasteiger partial charge in [0.15, 0.2) is 0 Å². The Labute approximate surface area is 143 Å². The second-order valence-electron chi connectivity index (χ2n) is 6.85. The second-order valence-corrected chi connectivity index (χ2v) is 6.85. The summed E-state index contributed by atoms with van der Waals surface area (Å²) in [5.74, 6) is 1.88. The summed E-state index contributed by atoms with van der Waals surface area (Å²) in [5.41, 5.74) is 0.931. The molecule has 0 radical (unpaired) electrons. The number of rotatable bonds is 5.